The summed E-state index contributed by atoms with van der Waals surface area (Å²) in [5.74, 6) is 2.42. The molecule has 1 atom stereocenters. The summed E-state index contributed by atoms with van der Waals surface area (Å²) in [4.78, 5) is 0. The molecule has 3 heteroatoms. The summed E-state index contributed by atoms with van der Waals surface area (Å²) in [6, 6.07) is 5.04. The van der Waals surface area contributed by atoms with Crippen molar-refractivity contribution in [1.82, 2.24) is 5.32 Å². The molecule has 1 unspecified atom stereocenters. The van der Waals surface area contributed by atoms with Gasteiger partial charge in [0.25, 0.3) is 0 Å². The van der Waals surface area contributed by atoms with Crippen LogP contribution in [0.5, 0.6) is 0 Å². The van der Waals surface area contributed by atoms with Gasteiger partial charge in [-0.3, -0.25) is 0 Å². The third-order valence-corrected chi connectivity index (χ3v) is 3.29. The van der Waals surface area contributed by atoms with Crippen molar-refractivity contribution in [2.24, 2.45) is 0 Å². The molecule has 0 aliphatic heterocycles. The minimum Gasteiger partial charge on any atom is -0.310 e. The minimum absolute atomic E-state index is 0.223. The molecular weight excluding hydrogens is 281 g/mol. The molecule has 1 rings (SSSR count). The predicted molar refractivity (Wildman–Crippen MR) is 73.2 cm³/mol. The van der Waals surface area contributed by atoms with Gasteiger partial charge in [-0.1, -0.05) is 28.9 Å². The van der Waals surface area contributed by atoms with E-state index in [0.717, 1.165) is 35.8 Å². The molecule has 1 aromatic carbocycles. The van der Waals surface area contributed by atoms with Crippen molar-refractivity contribution in [1.29, 1.82) is 0 Å². The Labute approximate surface area is 111 Å². The summed E-state index contributed by atoms with van der Waals surface area (Å²) in [5, 5.41) is 3.40. The van der Waals surface area contributed by atoms with Gasteiger partial charge in [0.05, 0.1) is 0 Å². The lowest BCUT2D eigenvalue weighted by molar-refractivity contribution is 0.499. The lowest BCUT2D eigenvalue weighted by Crippen LogP contribution is -2.21. The van der Waals surface area contributed by atoms with Crippen molar-refractivity contribution in [2.45, 2.75) is 32.2 Å². The maximum absolute atomic E-state index is 13.0. The molecule has 1 aromatic rings. The van der Waals surface area contributed by atoms with E-state index in [1.807, 2.05) is 6.07 Å². The highest BCUT2D eigenvalue weighted by Crippen LogP contribution is 2.27. The zero-order valence-electron chi connectivity index (χ0n) is 9.97. The zero-order chi connectivity index (χ0) is 12.7. The summed E-state index contributed by atoms with van der Waals surface area (Å²) >= 11 is 3.41. The van der Waals surface area contributed by atoms with E-state index in [2.05, 4.69) is 34.1 Å². The van der Waals surface area contributed by atoms with Gasteiger partial charge in [0.2, 0.25) is 0 Å². The third kappa shape index (κ3) is 4.49. The Balaban J connectivity index is 2.78. The molecule has 1 nitrogen and oxygen atoms in total. The maximum atomic E-state index is 13.0. The molecule has 0 heterocycles. The van der Waals surface area contributed by atoms with Gasteiger partial charge in [-0.2, -0.15) is 0 Å². The average molecular weight is 298 g/mol. The molecule has 0 spiro atoms. The van der Waals surface area contributed by atoms with Crippen molar-refractivity contribution in [3.05, 3.63) is 34.1 Å². The molecule has 0 saturated carbocycles. The Kier molecular flexibility index (Phi) is 6.25. The number of hydrogen-bond donors (Lipinski definition) is 1. The van der Waals surface area contributed by atoms with Gasteiger partial charge in [0.1, 0.15) is 5.82 Å². The first kappa shape index (κ1) is 14.2. The van der Waals surface area contributed by atoms with Crippen LogP contribution in [-0.4, -0.2) is 6.54 Å². The van der Waals surface area contributed by atoms with Crippen LogP contribution in [0.3, 0.4) is 0 Å². The second kappa shape index (κ2) is 7.47. The number of rotatable bonds is 6. The van der Waals surface area contributed by atoms with Gasteiger partial charge in [-0.25, -0.2) is 4.39 Å². The summed E-state index contributed by atoms with van der Waals surface area (Å²) in [5.41, 5.74) is 1.09. The van der Waals surface area contributed by atoms with Gasteiger partial charge in [-0.15, -0.1) is 12.3 Å². The van der Waals surface area contributed by atoms with Gasteiger partial charge >= 0.3 is 0 Å². The number of unbranched alkanes of at least 4 members (excludes halogenated alkanes) is 1. The molecule has 92 valence electrons. The van der Waals surface area contributed by atoms with Gasteiger partial charge in [-0.05, 0) is 37.1 Å². The van der Waals surface area contributed by atoms with Gasteiger partial charge in [0, 0.05) is 16.9 Å². The highest BCUT2D eigenvalue weighted by Gasteiger charge is 2.13. The van der Waals surface area contributed by atoms with E-state index in [4.69, 9.17) is 6.42 Å². The SMILES string of the molecule is C#CCCCC(NCC)c1ccc(F)cc1Br. The van der Waals surface area contributed by atoms with Gasteiger partial charge < -0.3 is 5.32 Å². The fraction of sp³-hybridized carbons (Fsp3) is 0.429. The highest BCUT2D eigenvalue weighted by atomic mass is 79.9. The van der Waals surface area contributed by atoms with Crippen LogP contribution in [0.4, 0.5) is 4.39 Å². The molecule has 0 amide bonds. The van der Waals surface area contributed by atoms with E-state index >= 15 is 0 Å². The molecule has 17 heavy (non-hydrogen) atoms. The number of hydrogen-bond acceptors (Lipinski definition) is 1. The van der Waals surface area contributed by atoms with E-state index in [1.165, 1.54) is 12.1 Å². The molecule has 0 aliphatic rings. The zero-order valence-corrected chi connectivity index (χ0v) is 11.6. The van der Waals surface area contributed by atoms with Crippen LogP contribution in [0.25, 0.3) is 0 Å². The molecular formula is C14H17BrFN. The molecule has 0 aromatic heterocycles. The second-order valence-electron chi connectivity index (χ2n) is 3.87. The first-order chi connectivity index (χ1) is 8.19. The summed E-state index contributed by atoms with van der Waals surface area (Å²) < 4.78 is 13.8. The van der Waals surface area contributed by atoms with Crippen molar-refractivity contribution in [3.63, 3.8) is 0 Å². The Morgan fingerprint density at radius 3 is 2.88 bits per heavy atom. The van der Waals surface area contributed by atoms with Crippen LogP contribution in [-0.2, 0) is 0 Å². The Morgan fingerprint density at radius 1 is 1.53 bits per heavy atom. The molecule has 0 aliphatic carbocycles. The van der Waals surface area contributed by atoms with E-state index in [0.29, 0.717) is 0 Å². The molecule has 0 fully saturated rings. The highest BCUT2D eigenvalue weighted by molar-refractivity contribution is 9.10. The number of terminal acetylenes is 1. The van der Waals surface area contributed by atoms with Crippen molar-refractivity contribution >= 4 is 15.9 Å². The van der Waals surface area contributed by atoms with Crippen LogP contribution in [0, 0.1) is 18.2 Å². The van der Waals surface area contributed by atoms with E-state index in [1.54, 1.807) is 0 Å². The van der Waals surface area contributed by atoms with Crippen LogP contribution in [0.15, 0.2) is 22.7 Å². The smallest absolute Gasteiger partial charge is 0.124 e. The average Bonchev–Trinajstić information content (AvgIpc) is 2.28. The fourth-order valence-corrected chi connectivity index (χ4v) is 2.43. The van der Waals surface area contributed by atoms with E-state index in [9.17, 15) is 4.39 Å². The first-order valence-electron chi connectivity index (χ1n) is 5.80. The topological polar surface area (TPSA) is 12.0 Å². The monoisotopic (exact) mass is 297 g/mol. The largest absolute Gasteiger partial charge is 0.310 e. The lowest BCUT2D eigenvalue weighted by Gasteiger charge is -2.19. The molecule has 1 N–H and O–H groups in total. The van der Waals surface area contributed by atoms with E-state index < -0.39 is 0 Å². The Hall–Kier alpha value is -0.850. The number of benzene rings is 1. The van der Waals surface area contributed by atoms with Crippen molar-refractivity contribution in [2.75, 3.05) is 6.54 Å². The first-order valence-corrected chi connectivity index (χ1v) is 6.60. The molecule has 0 radical (unpaired) electrons. The maximum Gasteiger partial charge on any atom is 0.124 e. The minimum atomic E-state index is -0.223. The molecule has 0 bridgehead atoms. The van der Waals surface area contributed by atoms with Crippen LogP contribution < -0.4 is 5.32 Å². The summed E-state index contributed by atoms with van der Waals surface area (Å²) in [7, 11) is 0. The second-order valence-corrected chi connectivity index (χ2v) is 4.73. The van der Waals surface area contributed by atoms with Crippen LogP contribution >= 0.6 is 15.9 Å². The van der Waals surface area contributed by atoms with Gasteiger partial charge in [0.15, 0.2) is 0 Å². The van der Waals surface area contributed by atoms with Crippen LogP contribution in [0.1, 0.15) is 37.8 Å². The fourth-order valence-electron chi connectivity index (χ4n) is 1.81. The standard InChI is InChI=1S/C14H17BrFN/c1-3-5-6-7-14(17-4-2)12-9-8-11(16)10-13(12)15/h1,8-10,14,17H,4-7H2,2H3. The molecule has 0 saturated heterocycles. The summed E-state index contributed by atoms with van der Waals surface area (Å²) in [6.45, 7) is 2.94. The Morgan fingerprint density at radius 2 is 2.29 bits per heavy atom. The third-order valence-electron chi connectivity index (χ3n) is 2.60. The normalized spacial score (nSPS) is 12.1. The quantitative estimate of drug-likeness (QED) is 0.617. The number of halogens is 2. The van der Waals surface area contributed by atoms with Crippen molar-refractivity contribution < 1.29 is 4.39 Å². The van der Waals surface area contributed by atoms with Crippen molar-refractivity contribution in [3.8, 4) is 12.3 Å². The Bertz CT molecular complexity index is 398. The van der Waals surface area contributed by atoms with Crippen LogP contribution in [0.2, 0.25) is 0 Å². The number of nitrogens with one attached hydrogen (secondary N) is 1. The predicted octanol–water partition coefficient (Wildman–Crippen LogP) is 4.04. The lowest BCUT2D eigenvalue weighted by atomic mass is 10.0. The van der Waals surface area contributed by atoms with E-state index in [-0.39, 0.29) is 11.9 Å². The summed E-state index contributed by atoms with van der Waals surface area (Å²) in [6.07, 6.45) is 7.96.